The van der Waals surface area contributed by atoms with Gasteiger partial charge in [0.05, 0.1) is 0 Å². The van der Waals surface area contributed by atoms with Gasteiger partial charge in [-0.15, -0.1) is 0 Å². The van der Waals surface area contributed by atoms with Gasteiger partial charge in [-0.2, -0.15) is 0 Å². The Morgan fingerprint density at radius 2 is 1.58 bits per heavy atom. The maximum absolute atomic E-state index is 11.7. The molecule has 0 spiro atoms. The Morgan fingerprint density at radius 1 is 0.871 bits per heavy atom. The second-order valence-corrected chi connectivity index (χ2v) is 7.82. The van der Waals surface area contributed by atoms with Crippen LogP contribution >= 0.6 is 0 Å². The summed E-state index contributed by atoms with van der Waals surface area (Å²) in [4.78, 5) is 25.2. The van der Waals surface area contributed by atoms with E-state index in [1.54, 1.807) is 6.07 Å². The van der Waals surface area contributed by atoms with Crippen molar-refractivity contribution in [2.24, 2.45) is 0 Å². The van der Waals surface area contributed by atoms with E-state index in [-0.39, 0.29) is 11.6 Å². The van der Waals surface area contributed by atoms with Crippen molar-refractivity contribution in [3.63, 3.8) is 0 Å². The Bertz CT molecular complexity index is 1260. The summed E-state index contributed by atoms with van der Waals surface area (Å²) in [6.07, 6.45) is 0. The Labute approximate surface area is 180 Å². The molecule has 0 aliphatic carbocycles. The van der Waals surface area contributed by atoms with Gasteiger partial charge in [0.1, 0.15) is 5.69 Å². The zero-order chi connectivity index (χ0) is 22.0. The highest BCUT2D eigenvalue weighted by molar-refractivity contribution is 5.73. The molecule has 0 saturated heterocycles. The second kappa shape index (κ2) is 8.48. The number of hydrogen-bond donors (Lipinski definition) is 2. The topological polar surface area (TPSA) is 69.6 Å². The number of anilines is 4. The fraction of sp³-hybridized carbons (Fsp3) is 0.154. The summed E-state index contributed by atoms with van der Waals surface area (Å²) in [5.74, 6) is -0.236. The first-order valence-electron chi connectivity index (χ1n) is 10.2. The fourth-order valence-corrected chi connectivity index (χ4v) is 3.64. The molecule has 0 bridgehead atoms. The number of benzene rings is 3. The van der Waals surface area contributed by atoms with Crippen LogP contribution in [0.1, 0.15) is 24.0 Å². The normalized spacial score (nSPS) is 11.9. The predicted molar refractivity (Wildman–Crippen MR) is 126 cm³/mol. The standard InChI is InChI=1S/C26H24N2O3/c1-17-11-13-21(14-12-17)28(16-18(2)19-7-4-3-5-8-19)22-10-6-9-20(15-22)27-23-24(29)26(31)25(23)30/h3-15,18,27,29H,16H2,1-2H3. The maximum atomic E-state index is 11.7. The number of rotatable bonds is 7. The lowest BCUT2D eigenvalue weighted by molar-refractivity contribution is 0.466. The lowest BCUT2D eigenvalue weighted by Crippen LogP contribution is -2.32. The number of nitrogens with one attached hydrogen (secondary N) is 1. The van der Waals surface area contributed by atoms with Crippen LogP contribution in [-0.2, 0) is 0 Å². The van der Waals surface area contributed by atoms with Crippen molar-refractivity contribution in [2.45, 2.75) is 19.8 Å². The first-order chi connectivity index (χ1) is 14.9. The molecular formula is C26H24N2O3. The Kier molecular flexibility index (Phi) is 5.58. The van der Waals surface area contributed by atoms with E-state index in [9.17, 15) is 14.7 Å². The highest BCUT2D eigenvalue weighted by Crippen LogP contribution is 2.32. The minimum Gasteiger partial charge on any atom is -0.502 e. The molecule has 4 rings (SSSR count). The van der Waals surface area contributed by atoms with Crippen molar-refractivity contribution in [3.05, 3.63) is 110 Å². The summed E-state index contributed by atoms with van der Waals surface area (Å²) in [6, 6.07) is 26.3. The molecule has 4 aromatic carbocycles. The molecule has 2 N–H and O–H groups in total. The average molecular weight is 412 g/mol. The highest BCUT2D eigenvalue weighted by Gasteiger charge is 2.21. The van der Waals surface area contributed by atoms with Gasteiger partial charge in [-0.3, -0.25) is 9.59 Å². The SMILES string of the molecule is Cc1ccc(N(CC(C)c2ccccc2)c2cccc(Nc3c(O)c(=O)c3=O)c2)cc1. The molecule has 31 heavy (non-hydrogen) atoms. The smallest absolute Gasteiger partial charge is 0.271 e. The van der Waals surface area contributed by atoms with Crippen molar-refractivity contribution < 1.29 is 5.11 Å². The molecule has 156 valence electrons. The monoisotopic (exact) mass is 412 g/mol. The van der Waals surface area contributed by atoms with E-state index in [0.717, 1.165) is 17.9 Å². The highest BCUT2D eigenvalue weighted by atomic mass is 16.3. The first kappa shape index (κ1) is 20.4. The zero-order valence-corrected chi connectivity index (χ0v) is 17.5. The summed E-state index contributed by atoms with van der Waals surface area (Å²) < 4.78 is 0. The first-order valence-corrected chi connectivity index (χ1v) is 10.2. The number of aromatic hydroxyl groups is 1. The number of aryl methyl sites for hydroxylation is 1. The Morgan fingerprint density at radius 3 is 2.26 bits per heavy atom. The molecule has 5 nitrogen and oxygen atoms in total. The molecule has 5 heteroatoms. The molecule has 0 radical (unpaired) electrons. The van der Waals surface area contributed by atoms with E-state index in [2.05, 4.69) is 60.5 Å². The number of nitrogens with zero attached hydrogens (tertiary/aromatic N) is 1. The van der Waals surface area contributed by atoms with Crippen molar-refractivity contribution in [1.82, 2.24) is 0 Å². The van der Waals surface area contributed by atoms with E-state index in [0.29, 0.717) is 5.69 Å². The molecular weight excluding hydrogens is 388 g/mol. The molecule has 0 heterocycles. The van der Waals surface area contributed by atoms with Gasteiger partial charge in [-0.25, -0.2) is 0 Å². The van der Waals surface area contributed by atoms with Gasteiger partial charge < -0.3 is 15.3 Å². The van der Waals surface area contributed by atoms with Crippen LogP contribution in [0.15, 0.2) is 88.5 Å². The third-order valence-electron chi connectivity index (χ3n) is 5.48. The van der Waals surface area contributed by atoms with Gasteiger partial charge >= 0.3 is 0 Å². The van der Waals surface area contributed by atoms with Crippen LogP contribution in [-0.4, -0.2) is 11.7 Å². The van der Waals surface area contributed by atoms with Crippen LogP contribution in [0.5, 0.6) is 5.75 Å². The van der Waals surface area contributed by atoms with Crippen molar-refractivity contribution in [3.8, 4) is 5.75 Å². The summed E-state index contributed by atoms with van der Waals surface area (Å²) in [6.45, 7) is 5.00. The lowest BCUT2D eigenvalue weighted by atomic mass is 10.00. The molecule has 1 atom stereocenters. The Balaban J connectivity index is 1.67. The van der Waals surface area contributed by atoms with Gasteiger partial charge in [0.2, 0.25) is 0 Å². The molecule has 4 aromatic rings. The maximum Gasteiger partial charge on any atom is 0.271 e. The van der Waals surface area contributed by atoms with Crippen LogP contribution < -0.4 is 21.1 Å². The van der Waals surface area contributed by atoms with Crippen LogP contribution in [0.4, 0.5) is 22.7 Å². The van der Waals surface area contributed by atoms with Crippen molar-refractivity contribution in [1.29, 1.82) is 0 Å². The van der Waals surface area contributed by atoms with Crippen LogP contribution in [0, 0.1) is 6.92 Å². The third-order valence-corrected chi connectivity index (χ3v) is 5.48. The molecule has 0 saturated carbocycles. The molecule has 1 unspecified atom stereocenters. The van der Waals surface area contributed by atoms with E-state index in [1.807, 2.05) is 36.4 Å². The molecule has 0 aliphatic rings. The van der Waals surface area contributed by atoms with Gasteiger partial charge in [0.25, 0.3) is 10.9 Å². The Hall–Kier alpha value is -3.86. The van der Waals surface area contributed by atoms with Crippen LogP contribution in [0.2, 0.25) is 0 Å². The average Bonchev–Trinajstić information content (AvgIpc) is 2.81. The van der Waals surface area contributed by atoms with Gasteiger partial charge in [0, 0.05) is 23.6 Å². The van der Waals surface area contributed by atoms with Gasteiger partial charge in [-0.1, -0.05) is 61.0 Å². The van der Waals surface area contributed by atoms with Gasteiger partial charge in [-0.05, 0) is 48.7 Å². The van der Waals surface area contributed by atoms with Gasteiger partial charge in [0.15, 0.2) is 5.75 Å². The molecule has 0 aliphatic heterocycles. The minimum atomic E-state index is -0.850. The van der Waals surface area contributed by atoms with E-state index in [1.165, 1.54) is 11.1 Å². The van der Waals surface area contributed by atoms with E-state index >= 15 is 0 Å². The lowest BCUT2D eigenvalue weighted by Gasteiger charge is -2.29. The van der Waals surface area contributed by atoms with Crippen LogP contribution in [0.3, 0.4) is 0 Å². The minimum absolute atomic E-state index is 0.0540. The van der Waals surface area contributed by atoms with Crippen molar-refractivity contribution >= 4 is 22.7 Å². The summed E-state index contributed by atoms with van der Waals surface area (Å²) in [5, 5.41) is 12.6. The summed E-state index contributed by atoms with van der Waals surface area (Å²) in [7, 11) is 0. The fourth-order valence-electron chi connectivity index (χ4n) is 3.64. The number of hydrogen-bond acceptors (Lipinski definition) is 5. The molecule has 0 fully saturated rings. The predicted octanol–water partition coefficient (Wildman–Crippen LogP) is 4.98. The third kappa shape index (κ3) is 4.21. The zero-order valence-electron chi connectivity index (χ0n) is 17.5. The van der Waals surface area contributed by atoms with E-state index < -0.39 is 16.6 Å². The summed E-state index contributed by atoms with van der Waals surface area (Å²) >= 11 is 0. The molecule has 0 amide bonds. The van der Waals surface area contributed by atoms with E-state index in [4.69, 9.17) is 0 Å². The largest absolute Gasteiger partial charge is 0.502 e. The molecule has 0 aromatic heterocycles. The quantitative estimate of drug-likeness (QED) is 0.419. The van der Waals surface area contributed by atoms with Crippen molar-refractivity contribution in [2.75, 3.05) is 16.8 Å². The summed E-state index contributed by atoms with van der Waals surface area (Å²) in [5.41, 5.74) is 3.46. The second-order valence-electron chi connectivity index (χ2n) is 7.82. The van der Waals surface area contributed by atoms with Crippen LogP contribution in [0.25, 0.3) is 0 Å².